The minimum absolute atomic E-state index is 0.0883. The number of nitrogens with zero attached hydrogens (tertiary/aromatic N) is 4. The Morgan fingerprint density at radius 3 is 2.58 bits per heavy atom. The van der Waals surface area contributed by atoms with Crippen LogP contribution in [0.3, 0.4) is 0 Å². The van der Waals surface area contributed by atoms with Gasteiger partial charge in [0.05, 0.1) is 5.54 Å². The lowest BCUT2D eigenvalue weighted by molar-refractivity contribution is 0.262. The summed E-state index contributed by atoms with van der Waals surface area (Å²) in [7, 11) is 0. The van der Waals surface area contributed by atoms with E-state index in [4.69, 9.17) is 5.73 Å². The highest BCUT2D eigenvalue weighted by Crippen LogP contribution is 2.31. The lowest BCUT2D eigenvalue weighted by Gasteiger charge is -2.27. The van der Waals surface area contributed by atoms with Gasteiger partial charge in [-0.15, -0.1) is 5.10 Å². The Bertz CT molecular complexity index is 569. The van der Waals surface area contributed by atoms with Gasteiger partial charge in [-0.3, -0.25) is 0 Å². The van der Waals surface area contributed by atoms with Crippen LogP contribution in [-0.2, 0) is 5.54 Å². The molecule has 2 aromatic rings. The predicted octanol–water partition coefficient (Wildman–Crippen LogP) is 2.77. The van der Waals surface area contributed by atoms with Crippen molar-refractivity contribution < 1.29 is 0 Å². The van der Waals surface area contributed by atoms with E-state index >= 15 is 0 Å². The highest BCUT2D eigenvalue weighted by Gasteiger charge is 2.28. The zero-order chi connectivity index (χ0) is 14.0. The van der Waals surface area contributed by atoms with Gasteiger partial charge in [-0.1, -0.05) is 26.0 Å². The molecule has 0 amide bonds. The Kier molecular flexibility index (Phi) is 3.55. The van der Waals surface area contributed by atoms with Crippen LogP contribution in [0.1, 0.15) is 39.2 Å². The van der Waals surface area contributed by atoms with Crippen LogP contribution >= 0.6 is 0 Å². The second-order valence-corrected chi connectivity index (χ2v) is 5.15. The summed E-state index contributed by atoms with van der Waals surface area (Å²) >= 11 is 0. The third-order valence-corrected chi connectivity index (χ3v) is 4.07. The first-order valence-corrected chi connectivity index (χ1v) is 6.67. The predicted molar refractivity (Wildman–Crippen MR) is 76.6 cm³/mol. The molecule has 0 fully saturated rings. The fraction of sp³-hybridized carbons (Fsp3) is 0.500. The molecular formula is C14H21N5. The summed E-state index contributed by atoms with van der Waals surface area (Å²) in [5.41, 5.74) is 8.76. The molecule has 0 aliphatic heterocycles. The molecule has 5 nitrogen and oxygen atoms in total. The third-order valence-electron chi connectivity index (χ3n) is 4.07. The van der Waals surface area contributed by atoms with E-state index in [-0.39, 0.29) is 5.54 Å². The van der Waals surface area contributed by atoms with Gasteiger partial charge in [0.2, 0.25) is 0 Å². The molecule has 0 unspecified atom stereocenters. The highest BCUT2D eigenvalue weighted by atomic mass is 15.6. The normalized spacial score (nSPS) is 11.8. The summed E-state index contributed by atoms with van der Waals surface area (Å²) in [6, 6.07) is 5.94. The minimum atomic E-state index is -0.0883. The van der Waals surface area contributed by atoms with Crippen molar-refractivity contribution in [3.63, 3.8) is 0 Å². The number of hydrogen-bond acceptors (Lipinski definition) is 4. The lowest BCUT2D eigenvalue weighted by Crippen LogP contribution is -2.30. The SMILES string of the molecule is CCC(C)(CC)n1nnnc1-c1cccc(C)c1N. The van der Waals surface area contributed by atoms with E-state index < -0.39 is 0 Å². The fourth-order valence-electron chi connectivity index (χ4n) is 2.14. The van der Waals surface area contributed by atoms with E-state index in [1.165, 1.54) is 0 Å². The van der Waals surface area contributed by atoms with Gasteiger partial charge in [0, 0.05) is 11.3 Å². The smallest absolute Gasteiger partial charge is 0.184 e. The van der Waals surface area contributed by atoms with Crippen molar-refractivity contribution in [2.75, 3.05) is 5.73 Å². The van der Waals surface area contributed by atoms with Crippen LogP contribution in [0, 0.1) is 6.92 Å². The summed E-state index contributed by atoms with van der Waals surface area (Å²) in [6.07, 6.45) is 1.93. The van der Waals surface area contributed by atoms with Gasteiger partial charge < -0.3 is 5.73 Å². The van der Waals surface area contributed by atoms with Crippen molar-refractivity contribution in [2.24, 2.45) is 0 Å². The number of rotatable bonds is 4. The molecule has 102 valence electrons. The molecule has 19 heavy (non-hydrogen) atoms. The average Bonchev–Trinajstić information content (AvgIpc) is 2.90. The Morgan fingerprint density at radius 2 is 1.95 bits per heavy atom. The monoisotopic (exact) mass is 259 g/mol. The lowest BCUT2D eigenvalue weighted by atomic mass is 9.95. The van der Waals surface area contributed by atoms with Gasteiger partial charge in [-0.2, -0.15) is 0 Å². The number of tetrazole rings is 1. The molecule has 2 rings (SSSR count). The Labute approximate surface area is 113 Å². The van der Waals surface area contributed by atoms with Crippen LogP contribution in [0.25, 0.3) is 11.4 Å². The topological polar surface area (TPSA) is 69.6 Å². The van der Waals surface area contributed by atoms with Crippen molar-refractivity contribution in [3.05, 3.63) is 23.8 Å². The second kappa shape index (κ2) is 4.99. The van der Waals surface area contributed by atoms with E-state index in [2.05, 4.69) is 36.3 Å². The molecule has 0 saturated heterocycles. The minimum Gasteiger partial charge on any atom is -0.398 e. The number of hydrogen-bond donors (Lipinski definition) is 1. The van der Waals surface area contributed by atoms with Crippen molar-refractivity contribution >= 4 is 5.69 Å². The number of nitrogen functional groups attached to an aromatic ring is 1. The van der Waals surface area contributed by atoms with Crippen LogP contribution in [0.2, 0.25) is 0 Å². The zero-order valence-corrected chi connectivity index (χ0v) is 12.0. The first-order chi connectivity index (χ1) is 9.03. The van der Waals surface area contributed by atoms with Crippen molar-refractivity contribution in [2.45, 2.75) is 46.1 Å². The summed E-state index contributed by atoms with van der Waals surface area (Å²) in [4.78, 5) is 0. The second-order valence-electron chi connectivity index (χ2n) is 5.15. The van der Waals surface area contributed by atoms with Crippen LogP contribution in [0.4, 0.5) is 5.69 Å². The molecule has 0 atom stereocenters. The van der Waals surface area contributed by atoms with Crippen LogP contribution in [0.15, 0.2) is 18.2 Å². The van der Waals surface area contributed by atoms with Gasteiger partial charge in [-0.05, 0) is 48.7 Å². The largest absolute Gasteiger partial charge is 0.398 e. The first-order valence-electron chi connectivity index (χ1n) is 6.67. The van der Waals surface area contributed by atoms with Gasteiger partial charge in [-0.25, -0.2) is 4.68 Å². The Morgan fingerprint density at radius 1 is 1.26 bits per heavy atom. The number of para-hydroxylation sites is 1. The van der Waals surface area contributed by atoms with Crippen LogP contribution in [-0.4, -0.2) is 20.2 Å². The molecule has 2 N–H and O–H groups in total. The van der Waals surface area contributed by atoms with Crippen molar-refractivity contribution in [1.82, 2.24) is 20.2 Å². The maximum absolute atomic E-state index is 6.16. The summed E-state index contributed by atoms with van der Waals surface area (Å²) in [5.74, 6) is 0.743. The Hall–Kier alpha value is -1.91. The third kappa shape index (κ3) is 2.20. The van der Waals surface area contributed by atoms with E-state index in [9.17, 15) is 0 Å². The first kappa shape index (κ1) is 13.5. The van der Waals surface area contributed by atoms with E-state index in [0.717, 1.165) is 35.5 Å². The summed E-state index contributed by atoms with van der Waals surface area (Å²) in [6.45, 7) is 8.45. The van der Waals surface area contributed by atoms with Crippen molar-refractivity contribution in [3.8, 4) is 11.4 Å². The van der Waals surface area contributed by atoms with Crippen LogP contribution in [0.5, 0.6) is 0 Å². The number of benzene rings is 1. The summed E-state index contributed by atoms with van der Waals surface area (Å²) < 4.78 is 1.90. The summed E-state index contributed by atoms with van der Waals surface area (Å²) in [5, 5.41) is 12.2. The maximum Gasteiger partial charge on any atom is 0.184 e. The standard InChI is InChI=1S/C14H21N5/c1-5-14(4,6-2)19-13(16-17-18-19)11-9-7-8-10(3)12(11)15/h7-9H,5-6,15H2,1-4H3. The molecule has 0 bridgehead atoms. The maximum atomic E-state index is 6.16. The molecule has 0 radical (unpaired) electrons. The van der Waals surface area contributed by atoms with Gasteiger partial charge in [0.25, 0.3) is 0 Å². The molecule has 1 aromatic carbocycles. The van der Waals surface area contributed by atoms with Crippen LogP contribution < -0.4 is 5.73 Å². The molecule has 0 saturated carbocycles. The highest BCUT2D eigenvalue weighted by molar-refractivity contribution is 5.74. The van der Waals surface area contributed by atoms with E-state index in [1.807, 2.05) is 29.8 Å². The number of aryl methyl sites for hydroxylation is 1. The quantitative estimate of drug-likeness (QED) is 0.857. The van der Waals surface area contributed by atoms with Gasteiger partial charge in [0.15, 0.2) is 5.82 Å². The number of anilines is 1. The molecule has 1 aromatic heterocycles. The number of nitrogens with two attached hydrogens (primary N) is 1. The molecule has 0 spiro atoms. The van der Waals surface area contributed by atoms with E-state index in [0.29, 0.717) is 0 Å². The van der Waals surface area contributed by atoms with Gasteiger partial charge in [0.1, 0.15) is 0 Å². The molecule has 5 heteroatoms. The van der Waals surface area contributed by atoms with Gasteiger partial charge >= 0.3 is 0 Å². The van der Waals surface area contributed by atoms with Crippen molar-refractivity contribution in [1.29, 1.82) is 0 Å². The molecule has 1 heterocycles. The molecule has 0 aliphatic rings. The molecule has 0 aliphatic carbocycles. The fourth-order valence-corrected chi connectivity index (χ4v) is 2.14. The number of aromatic nitrogens is 4. The van der Waals surface area contributed by atoms with E-state index in [1.54, 1.807) is 0 Å². The zero-order valence-electron chi connectivity index (χ0n) is 12.0. The average molecular weight is 259 g/mol. The Balaban J connectivity index is 2.60. The molecular weight excluding hydrogens is 238 g/mol.